The molecule has 4 rings (SSSR count). The van der Waals surface area contributed by atoms with Gasteiger partial charge in [-0.1, -0.05) is 42.5 Å². The van der Waals surface area contributed by atoms with Crippen LogP contribution in [0.4, 0.5) is 13.2 Å². The fourth-order valence-corrected chi connectivity index (χ4v) is 3.62. The minimum Gasteiger partial charge on any atom is -0.496 e. The highest BCUT2D eigenvalue weighted by molar-refractivity contribution is 5.97. The first-order chi connectivity index (χ1) is 12.5. The lowest BCUT2D eigenvalue weighted by Gasteiger charge is -2.20. The van der Waals surface area contributed by atoms with E-state index in [0.717, 1.165) is 38.8 Å². The molecule has 1 nitrogen and oxygen atoms in total. The highest BCUT2D eigenvalue weighted by atomic mass is 19.4. The fourth-order valence-electron chi connectivity index (χ4n) is 3.62. The van der Waals surface area contributed by atoms with Crippen LogP contribution < -0.4 is 4.74 Å². The third-order valence-corrected chi connectivity index (χ3v) is 4.93. The van der Waals surface area contributed by atoms with E-state index in [-0.39, 0.29) is 0 Å². The molecule has 0 saturated carbocycles. The van der Waals surface area contributed by atoms with Crippen LogP contribution in [0.5, 0.6) is 5.75 Å². The Hall–Kier alpha value is -2.75. The van der Waals surface area contributed by atoms with Gasteiger partial charge >= 0.3 is 6.18 Å². The van der Waals surface area contributed by atoms with Crippen LogP contribution in [0, 0.1) is 0 Å². The van der Waals surface area contributed by atoms with E-state index in [0.29, 0.717) is 12.8 Å². The Balaban J connectivity index is 1.75. The molecule has 3 aromatic carbocycles. The van der Waals surface area contributed by atoms with Crippen molar-refractivity contribution in [1.82, 2.24) is 0 Å². The van der Waals surface area contributed by atoms with Crippen LogP contribution in [0.25, 0.3) is 16.3 Å². The van der Waals surface area contributed by atoms with Gasteiger partial charge in [0.05, 0.1) is 12.7 Å². The molecule has 0 unspecified atom stereocenters. The van der Waals surface area contributed by atoms with Gasteiger partial charge in [0, 0.05) is 5.39 Å². The Morgan fingerprint density at radius 1 is 0.885 bits per heavy atom. The molecule has 26 heavy (non-hydrogen) atoms. The predicted molar refractivity (Wildman–Crippen MR) is 97.3 cm³/mol. The van der Waals surface area contributed by atoms with E-state index in [1.807, 2.05) is 30.3 Å². The lowest BCUT2D eigenvalue weighted by atomic mass is 9.85. The van der Waals surface area contributed by atoms with Gasteiger partial charge < -0.3 is 4.74 Å². The number of hydrogen-bond acceptors (Lipinski definition) is 1. The summed E-state index contributed by atoms with van der Waals surface area (Å²) in [4.78, 5) is 0. The minimum atomic E-state index is -4.30. The molecule has 0 saturated heterocycles. The highest BCUT2D eigenvalue weighted by Gasteiger charge is 2.31. The summed E-state index contributed by atoms with van der Waals surface area (Å²) in [6, 6.07) is 16.1. The van der Waals surface area contributed by atoms with Crippen LogP contribution in [-0.4, -0.2) is 7.11 Å². The number of ether oxygens (including phenoxy) is 1. The predicted octanol–water partition coefficient (Wildman–Crippen LogP) is 6.05. The van der Waals surface area contributed by atoms with Crippen molar-refractivity contribution in [2.45, 2.75) is 19.0 Å². The van der Waals surface area contributed by atoms with Gasteiger partial charge in [0.2, 0.25) is 0 Å². The number of alkyl halides is 3. The fraction of sp³-hybridized carbons (Fsp3) is 0.182. The molecule has 0 radical (unpaired) electrons. The van der Waals surface area contributed by atoms with E-state index in [2.05, 4.69) is 12.1 Å². The molecular weight excluding hydrogens is 337 g/mol. The molecule has 1 aliphatic rings. The van der Waals surface area contributed by atoms with E-state index >= 15 is 0 Å². The molecule has 0 atom stereocenters. The van der Waals surface area contributed by atoms with Crippen molar-refractivity contribution in [3.63, 3.8) is 0 Å². The Morgan fingerprint density at radius 2 is 1.65 bits per heavy atom. The number of fused-ring (bicyclic) bond motifs is 2. The second-order valence-corrected chi connectivity index (χ2v) is 6.45. The number of allylic oxidation sites excluding steroid dienone is 2. The second kappa shape index (κ2) is 6.20. The van der Waals surface area contributed by atoms with Gasteiger partial charge in [0.1, 0.15) is 5.75 Å². The Kier molecular flexibility index (Phi) is 3.98. The summed E-state index contributed by atoms with van der Waals surface area (Å²) in [6.07, 6.45) is -1.12. The van der Waals surface area contributed by atoms with Crippen LogP contribution in [0.15, 0.2) is 60.7 Å². The van der Waals surface area contributed by atoms with Crippen molar-refractivity contribution >= 4 is 16.3 Å². The normalized spacial score (nSPS) is 14.1. The molecule has 0 bridgehead atoms. The van der Waals surface area contributed by atoms with Crippen LogP contribution in [0.1, 0.15) is 22.3 Å². The van der Waals surface area contributed by atoms with Crippen LogP contribution in [-0.2, 0) is 19.0 Å². The molecule has 0 fully saturated rings. The number of methoxy groups -OCH3 is 1. The average molecular weight is 354 g/mol. The minimum absolute atomic E-state index is 0.509. The molecule has 0 amide bonds. The summed E-state index contributed by atoms with van der Waals surface area (Å²) in [7, 11) is 1.65. The number of hydrogen-bond donors (Lipinski definition) is 0. The quantitative estimate of drug-likeness (QED) is 0.544. The lowest BCUT2D eigenvalue weighted by molar-refractivity contribution is -0.137. The third-order valence-electron chi connectivity index (χ3n) is 4.93. The van der Waals surface area contributed by atoms with E-state index < -0.39 is 11.7 Å². The van der Waals surface area contributed by atoms with Gasteiger partial charge in [-0.15, -0.1) is 0 Å². The zero-order chi connectivity index (χ0) is 18.3. The largest absolute Gasteiger partial charge is 0.496 e. The standard InChI is InChI=1S/C22H17F3O/c1-26-21-7-3-5-19-18(4-2-6-20(19)21)16-9-8-15-13-17(22(23,24)25)11-10-14(15)12-16/h2-7,9-11,13H,8,12H2,1H3. The van der Waals surface area contributed by atoms with Crippen molar-refractivity contribution < 1.29 is 17.9 Å². The molecule has 0 spiro atoms. The molecule has 3 aromatic rings. The highest BCUT2D eigenvalue weighted by Crippen LogP contribution is 2.37. The van der Waals surface area contributed by atoms with E-state index in [1.54, 1.807) is 13.2 Å². The van der Waals surface area contributed by atoms with Crippen molar-refractivity contribution in [1.29, 1.82) is 0 Å². The van der Waals surface area contributed by atoms with E-state index in [1.165, 1.54) is 12.1 Å². The van der Waals surface area contributed by atoms with Gasteiger partial charge in [0.15, 0.2) is 0 Å². The summed E-state index contributed by atoms with van der Waals surface area (Å²) in [6.45, 7) is 0. The zero-order valence-electron chi connectivity index (χ0n) is 14.2. The Labute approximate surface area is 149 Å². The summed E-state index contributed by atoms with van der Waals surface area (Å²) < 4.78 is 44.2. The lowest BCUT2D eigenvalue weighted by Crippen LogP contribution is -2.09. The third kappa shape index (κ3) is 2.85. The first-order valence-corrected chi connectivity index (χ1v) is 8.41. The summed E-state index contributed by atoms with van der Waals surface area (Å²) in [5.41, 5.74) is 3.36. The summed E-state index contributed by atoms with van der Waals surface area (Å²) in [5.74, 6) is 0.816. The maximum absolute atomic E-state index is 12.9. The maximum atomic E-state index is 12.9. The van der Waals surface area contributed by atoms with Gasteiger partial charge in [-0.3, -0.25) is 0 Å². The van der Waals surface area contributed by atoms with Crippen LogP contribution >= 0.6 is 0 Å². The molecular formula is C22H17F3O. The zero-order valence-corrected chi connectivity index (χ0v) is 14.2. The smallest absolute Gasteiger partial charge is 0.416 e. The molecule has 0 N–H and O–H groups in total. The summed E-state index contributed by atoms with van der Waals surface area (Å²) >= 11 is 0. The topological polar surface area (TPSA) is 9.23 Å². The van der Waals surface area contributed by atoms with E-state index in [9.17, 15) is 13.2 Å². The first-order valence-electron chi connectivity index (χ1n) is 8.41. The molecule has 132 valence electrons. The van der Waals surface area contributed by atoms with Gasteiger partial charge in [-0.25, -0.2) is 0 Å². The SMILES string of the molecule is COc1cccc2c(C3=CCc4cc(C(F)(F)F)ccc4C3)cccc12. The molecule has 4 heteroatoms. The van der Waals surface area contributed by atoms with Crippen LogP contribution in [0.2, 0.25) is 0 Å². The van der Waals surface area contributed by atoms with Gasteiger partial charge in [-0.05, 0) is 58.7 Å². The maximum Gasteiger partial charge on any atom is 0.416 e. The monoisotopic (exact) mass is 354 g/mol. The van der Waals surface area contributed by atoms with E-state index in [4.69, 9.17) is 4.74 Å². The van der Waals surface area contributed by atoms with Crippen molar-refractivity contribution in [2.24, 2.45) is 0 Å². The number of benzene rings is 3. The molecule has 0 heterocycles. The number of rotatable bonds is 2. The van der Waals surface area contributed by atoms with Crippen molar-refractivity contribution in [3.8, 4) is 5.75 Å². The Morgan fingerprint density at radius 3 is 2.42 bits per heavy atom. The second-order valence-electron chi connectivity index (χ2n) is 6.45. The molecule has 0 aliphatic heterocycles. The molecule has 0 aromatic heterocycles. The van der Waals surface area contributed by atoms with Gasteiger partial charge in [-0.2, -0.15) is 13.2 Å². The van der Waals surface area contributed by atoms with Crippen molar-refractivity contribution in [3.05, 3.63) is 82.9 Å². The molecule has 1 aliphatic carbocycles. The average Bonchev–Trinajstić information content (AvgIpc) is 2.65. The summed E-state index contributed by atoms with van der Waals surface area (Å²) in [5, 5.41) is 2.13. The van der Waals surface area contributed by atoms with Crippen LogP contribution in [0.3, 0.4) is 0 Å². The first kappa shape index (κ1) is 16.7. The Bertz CT molecular complexity index is 1020. The van der Waals surface area contributed by atoms with Crippen molar-refractivity contribution in [2.75, 3.05) is 7.11 Å². The van der Waals surface area contributed by atoms with Gasteiger partial charge in [0.25, 0.3) is 0 Å². The number of halogens is 3.